The molecule has 19 heteroatoms. The number of carbonyl (C=O) groups excluding carboxylic acids is 2. The molecule has 310 valence electrons. The number of aliphatic imine (C=N–C) groups is 1. The summed E-state index contributed by atoms with van der Waals surface area (Å²) in [6.07, 6.45) is 0.201. The molecule has 2 fully saturated rings. The first-order valence-corrected chi connectivity index (χ1v) is 18.2. The highest BCUT2D eigenvalue weighted by molar-refractivity contribution is 6.32. The number of hydrogen-bond donors (Lipinski definition) is 2. The van der Waals surface area contributed by atoms with E-state index in [0.717, 1.165) is 29.4 Å². The van der Waals surface area contributed by atoms with Gasteiger partial charge in [-0.3, -0.25) is 9.48 Å². The normalized spacial score (nSPS) is 16.1. The zero-order chi connectivity index (χ0) is 42.3. The topological polar surface area (TPSA) is 146 Å². The minimum Gasteiger partial charge on any atom is -0.382 e. The van der Waals surface area contributed by atoms with Crippen molar-refractivity contribution in [2.24, 2.45) is 16.1 Å². The van der Waals surface area contributed by atoms with E-state index < -0.39 is 41.9 Å². The van der Waals surface area contributed by atoms with Crippen LogP contribution < -0.4 is 11.1 Å². The molecule has 2 aromatic carbocycles. The third-order valence-electron chi connectivity index (χ3n) is 8.71. The molecule has 0 saturated heterocycles. The van der Waals surface area contributed by atoms with Crippen LogP contribution in [0.1, 0.15) is 94.9 Å². The van der Waals surface area contributed by atoms with E-state index in [1.807, 2.05) is 10.9 Å². The van der Waals surface area contributed by atoms with E-state index in [1.165, 1.54) is 25.3 Å². The van der Waals surface area contributed by atoms with Crippen molar-refractivity contribution in [3.8, 4) is 16.8 Å². The highest BCUT2D eigenvalue weighted by Gasteiger charge is 2.63. The molecule has 4 aromatic rings. The fourth-order valence-corrected chi connectivity index (χ4v) is 5.56. The van der Waals surface area contributed by atoms with Crippen molar-refractivity contribution in [2.45, 2.75) is 89.6 Å². The fraction of sp³-hybridized carbons (Fsp3) is 0.474. The van der Waals surface area contributed by atoms with Crippen molar-refractivity contribution in [3.05, 3.63) is 82.9 Å². The summed E-state index contributed by atoms with van der Waals surface area (Å²) >= 11 is 6.32. The average Bonchev–Trinajstić information content (AvgIpc) is 4.04. The number of nitrogens with zero attached hydrogens (tertiary/aromatic N) is 7. The second-order valence-electron chi connectivity index (χ2n) is 15.2. The number of rotatable bonds is 13. The number of methoxy groups -OCH3 is 1. The number of benzene rings is 2. The summed E-state index contributed by atoms with van der Waals surface area (Å²) in [6, 6.07) is 7.93. The fourth-order valence-electron chi connectivity index (χ4n) is 5.36. The van der Waals surface area contributed by atoms with Crippen LogP contribution >= 0.6 is 11.6 Å². The molecule has 2 saturated carbocycles. The molecule has 0 radical (unpaired) electrons. The summed E-state index contributed by atoms with van der Waals surface area (Å²) in [6.45, 7) is 8.86. The number of nitrogens with one attached hydrogen (secondary N) is 1. The molecule has 12 nitrogen and oxygen atoms in total. The Balaban J connectivity index is 0.000000403. The van der Waals surface area contributed by atoms with Gasteiger partial charge in [0.05, 0.1) is 35.6 Å². The Labute approximate surface area is 331 Å². The summed E-state index contributed by atoms with van der Waals surface area (Å²) in [5.41, 5.74) is 7.15. The lowest BCUT2D eigenvalue weighted by Gasteiger charge is -2.30. The summed E-state index contributed by atoms with van der Waals surface area (Å²) < 4.78 is 86.0. The Morgan fingerprint density at radius 1 is 1.11 bits per heavy atom. The van der Waals surface area contributed by atoms with Gasteiger partial charge in [0, 0.05) is 31.5 Å². The molecule has 0 aliphatic heterocycles. The van der Waals surface area contributed by atoms with E-state index in [2.05, 4.69) is 47.9 Å². The third-order valence-corrected chi connectivity index (χ3v) is 9.03. The van der Waals surface area contributed by atoms with Gasteiger partial charge in [0.25, 0.3) is 6.43 Å². The highest BCUT2D eigenvalue weighted by Crippen LogP contribution is 2.48. The van der Waals surface area contributed by atoms with Crippen LogP contribution in [0.3, 0.4) is 0 Å². The number of nitrogens with two attached hydrogens (primary N) is 1. The summed E-state index contributed by atoms with van der Waals surface area (Å²) in [5.74, 6) is -1.25. The number of likely N-dealkylation sites (N-methyl/N-ethyl adjacent to an activating group) is 1. The van der Waals surface area contributed by atoms with Crippen LogP contribution in [0.15, 0.2) is 60.1 Å². The van der Waals surface area contributed by atoms with Crippen LogP contribution in [0.4, 0.5) is 26.3 Å². The number of guanidine groups is 1. The third kappa shape index (κ3) is 11.8. The summed E-state index contributed by atoms with van der Waals surface area (Å²) in [4.78, 5) is 31.2. The number of alkyl halides is 5. The molecule has 2 aliphatic carbocycles. The maximum atomic E-state index is 15.2. The SMILES string of the molecule is CC(C)(C)C.COCC(c1ccc(Cl)c(-n2ncnc2C(F)F)c1)N(C)C(N)=NC(C=O)c1ccc(-c2cnn(C3CC3)c2)cc1F.O=CNC1(C(F)(F)F)CC1. The first kappa shape index (κ1) is 44.7. The number of aromatic nitrogens is 5. The van der Waals surface area contributed by atoms with Crippen molar-refractivity contribution in [2.75, 3.05) is 20.8 Å². The quantitative estimate of drug-likeness (QED) is 0.0598. The molecular weight excluding hydrogens is 780 g/mol. The van der Waals surface area contributed by atoms with Crippen molar-refractivity contribution in [1.29, 1.82) is 0 Å². The van der Waals surface area contributed by atoms with Crippen molar-refractivity contribution in [3.63, 3.8) is 0 Å². The molecule has 2 atom stereocenters. The van der Waals surface area contributed by atoms with Crippen LogP contribution in [-0.4, -0.2) is 80.6 Å². The Morgan fingerprint density at radius 2 is 1.77 bits per heavy atom. The molecule has 2 unspecified atom stereocenters. The van der Waals surface area contributed by atoms with Gasteiger partial charge in [0.15, 0.2) is 11.8 Å². The van der Waals surface area contributed by atoms with E-state index in [-0.39, 0.29) is 48.1 Å². The molecule has 1 amide bonds. The monoisotopic (exact) mass is 825 g/mol. The lowest BCUT2D eigenvalue weighted by molar-refractivity contribution is -0.167. The van der Waals surface area contributed by atoms with Crippen molar-refractivity contribution < 1.29 is 40.7 Å². The molecule has 0 spiro atoms. The Kier molecular flexibility index (Phi) is 14.5. The summed E-state index contributed by atoms with van der Waals surface area (Å²) in [5, 5.41) is 10.2. The standard InChI is InChI=1S/C28H28ClF3N8O2.C5H6F3NO.C5H12/c1-38(25(14-42-2)17-4-8-21(29)24(10-17)40-27(26(31)32)34-15-36-40)28(33)37-23(13-41)20-7-3-16(9-22(20)30)18-11-35-39(12-18)19-5-6-19;6-5(7,8)4(1-2-4)9-3-10;1-5(2,3)4/h3-4,7-13,15,19,23,25-26H,5-6,14H2,1-2H3,(H2,33,37);3H,1-2H2,(H,9,10);1-4H3. The summed E-state index contributed by atoms with van der Waals surface area (Å²) in [7, 11) is 3.10. The predicted molar refractivity (Wildman–Crippen MR) is 202 cm³/mol. The van der Waals surface area contributed by atoms with E-state index in [1.54, 1.807) is 41.7 Å². The second-order valence-corrected chi connectivity index (χ2v) is 15.6. The molecule has 57 heavy (non-hydrogen) atoms. The largest absolute Gasteiger partial charge is 0.411 e. The lowest BCUT2D eigenvalue weighted by Crippen LogP contribution is -2.44. The van der Waals surface area contributed by atoms with Crippen LogP contribution in [-0.2, 0) is 14.3 Å². The van der Waals surface area contributed by atoms with E-state index in [9.17, 15) is 31.5 Å². The molecule has 2 aliphatic rings. The first-order valence-electron chi connectivity index (χ1n) is 17.8. The zero-order valence-electron chi connectivity index (χ0n) is 32.3. The molecule has 6 rings (SSSR count). The van der Waals surface area contributed by atoms with Crippen LogP contribution in [0.2, 0.25) is 5.02 Å². The minimum atomic E-state index is -4.28. The Morgan fingerprint density at radius 3 is 2.28 bits per heavy atom. The van der Waals surface area contributed by atoms with Gasteiger partial charge in [-0.15, -0.1) is 0 Å². The van der Waals surface area contributed by atoms with Crippen molar-refractivity contribution in [1.82, 2.24) is 34.8 Å². The Bertz CT molecular complexity index is 2000. The van der Waals surface area contributed by atoms with Crippen LogP contribution in [0.25, 0.3) is 16.8 Å². The molecule has 0 bridgehead atoms. The van der Waals surface area contributed by atoms with Gasteiger partial charge in [0.2, 0.25) is 6.41 Å². The number of carbonyl (C=O) groups is 2. The molecular formula is C38H46ClF6N9O3. The average molecular weight is 826 g/mol. The number of amides is 1. The molecule has 2 aromatic heterocycles. The number of hydrogen-bond acceptors (Lipinski definition) is 7. The minimum absolute atomic E-state index is 0.00917. The van der Waals surface area contributed by atoms with Crippen molar-refractivity contribution >= 4 is 30.3 Å². The molecule has 2 heterocycles. The smallest absolute Gasteiger partial charge is 0.382 e. The molecule has 3 N–H and O–H groups in total. The van der Waals surface area contributed by atoms with Gasteiger partial charge in [-0.25, -0.2) is 27.8 Å². The van der Waals surface area contributed by atoms with Gasteiger partial charge in [-0.2, -0.15) is 23.4 Å². The maximum Gasteiger partial charge on any atom is 0.411 e. The number of aldehydes is 1. The van der Waals surface area contributed by atoms with Gasteiger partial charge in [-0.05, 0) is 60.4 Å². The van der Waals surface area contributed by atoms with Gasteiger partial charge in [0.1, 0.15) is 30.0 Å². The lowest BCUT2D eigenvalue weighted by atomic mass is 10.0. The highest BCUT2D eigenvalue weighted by atomic mass is 35.5. The predicted octanol–water partition coefficient (Wildman–Crippen LogP) is 7.95. The van der Waals surface area contributed by atoms with E-state index >= 15 is 4.39 Å². The van der Waals surface area contributed by atoms with E-state index in [0.29, 0.717) is 28.9 Å². The zero-order valence-corrected chi connectivity index (χ0v) is 33.0. The second kappa shape index (κ2) is 18.5. The first-order chi connectivity index (χ1) is 26.7. The maximum absolute atomic E-state index is 15.2. The number of ether oxygens (including phenoxy) is 1. The van der Waals surface area contributed by atoms with Crippen LogP contribution in [0.5, 0.6) is 0 Å². The van der Waals surface area contributed by atoms with E-state index in [4.69, 9.17) is 22.1 Å². The van der Waals surface area contributed by atoms with Gasteiger partial charge >= 0.3 is 6.18 Å². The van der Waals surface area contributed by atoms with Gasteiger partial charge in [-0.1, -0.05) is 57.5 Å². The Hall–Kier alpha value is -4.97. The number of halogens is 7. The van der Waals surface area contributed by atoms with Crippen LogP contribution in [0, 0.1) is 11.2 Å². The van der Waals surface area contributed by atoms with Gasteiger partial charge < -0.3 is 25.5 Å².